The molecule has 12 aromatic rings. The second kappa shape index (κ2) is 12.8. The molecular formula is C52H30N6O. The third-order valence-corrected chi connectivity index (χ3v) is 11.4. The summed E-state index contributed by atoms with van der Waals surface area (Å²) in [6.45, 7) is 0. The zero-order valence-electron chi connectivity index (χ0n) is 31.4. The van der Waals surface area contributed by atoms with E-state index in [0.29, 0.717) is 39.9 Å². The van der Waals surface area contributed by atoms with Gasteiger partial charge in [0.2, 0.25) is 0 Å². The molecule has 4 aromatic heterocycles. The Morgan fingerprint density at radius 2 is 0.847 bits per heavy atom. The minimum Gasteiger partial charge on any atom is -0.453 e. The minimum atomic E-state index is 0.490. The van der Waals surface area contributed by atoms with Gasteiger partial charge in [0.25, 0.3) is 0 Å². The van der Waals surface area contributed by atoms with Crippen molar-refractivity contribution < 1.29 is 4.42 Å². The Morgan fingerprint density at radius 1 is 0.407 bits per heavy atom. The summed E-state index contributed by atoms with van der Waals surface area (Å²) >= 11 is 0. The largest absolute Gasteiger partial charge is 0.453 e. The van der Waals surface area contributed by atoms with Gasteiger partial charge < -0.3 is 13.6 Å². The van der Waals surface area contributed by atoms with Gasteiger partial charge in [-0.15, -0.1) is 0 Å². The van der Waals surface area contributed by atoms with E-state index in [4.69, 9.17) is 19.4 Å². The summed E-state index contributed by atoms with van der Waals surface area (Å²) in [5.74, 6) is 1.62. The lowest BCUT2D eigenvalue weighted by Crippen LogP contribution is -2.05. The van der Waals surface area contributed by atoms with Gasteiger partial charge in [-0.1, -0.05) is 146 Å². The number of nitriles is 1. The molecule has 0 aliphatic heterocycles. The second-order valence-corrected chi connectivity index (χ2v) is 14.7. The molecule has 7 heteroatoms. The Morgan fingerprint density at radius 3 is 1.36 bits per heavy atom. The molecule has 12 rings (SSSR count). The summed E-state index contributed by atoms with van der Waals surface area (Å²) in [6.07, 6.45) is 0. The van der Waals surface area contributed by atoms with Crippen LogP contribution in [-0.2, 0) is 0 Å². The quantitative estimate of drug-likeness (QED) is 0.175. The van der Waals surface area contributed by atoms with Crippen LogP contribution in [0.4, 0.5) is 0 Å². The van der Waals surface area contributed by atoms with Crippen molar-refractivity contribution in [1.82, 2.24) is 24.1 Å². The Kier molecular flexibility index (Phi) is 7.16. The summed E-state index contributed by atoms with van der Waals surface area (Å²) < 4.78 is 11.6. The number of furan rings is 1. The van der Waals surface area contributed by atoms with E-state index in [-0.39, 0.29) is 0 Å². The number of hydrogen-bond acceptors (Lipinski definition) is 5. The Bertz CT molecular complexity index is 3520. The molecule has 0 radical (unpaired) electrons. The fourth-order valence-electron chi connectivity index (χ4n) is 8.85. The molecule has 59 heavy (non-hydrogen) atoms. The van der Waals surface area contributed by atoms with Crippen LogP contribution in [0.25, 0.3) is 111 Å². The maximum atomic E-state index is 11.5. The number of rotatable bonds is 5. The minimum absolute atomic E-state index is 0.490. The molecule has 274 valence electrons. The van der Waals surface area contributed by atoms with Gasteiger partial charge in [0.05, 0.1) is 33.3 Å². The Balaban J connectivity index is 1.23. The Labute approximate surface area is 337 Å². The van der Waals surface area contributed by atoms with Crippen molar-refractivity contribution in [2.45, 2.75) is 0 Å². The van der Waals surface area contributed by atoms with Crippen molar-refractivity contribution >= 4 is 65.6 Å². The molecule has 0 fully saturated rings. The van der Waals surface area contributed by atoms with Crippen molar-refractivity contribution in [3.8, 4) is 51.6 Å². The fourth-order valence-corrected chi connectivity index (χ4v) is 8.85. The summed E-state index contributed by atoms with van der Waals surface area (Å²) in [4.78, 5) is 15.1. The molecule has 0 atom stereocenters. The van der Waals surface area contributed by atoms with E-state index in [1.165, 1.54) is 0 Å². The van der Waals surface area contributed by atoms with E-state index < -0.39 is 0 Å². The molecule has 8 aromatic carbocycles. The van der Waals surface area contributed by atoms with E-state index in [1.54, 1.807) is 0 Å². The topological polar surface area (TPSA) is 85.5 Å². The van der Waals surface area contributed by atoms with Gasteiger partial charge >= 0.3 is 0 Å². The number of aromatic nitrogens is 5. The highest BCUT2D eigenvalue weighted by atomic mass is 16.3. The zero-order valence-corrected chi connectivity index (χ0v) is 31.4. The van der Waals surface area contributed by atoms with Gasteiger partial charge in [0.1, 0.15) is 22.9 Å². The molecule has 0 bridgehead atoms. The van der Waals surface area contributed by atoms with Crippen LogP contribution in [0.5, 0.6) is 0 Å². The molecule has 0 spiro atoms. The highest BCUT2D eigenvalue weighted by molar-refractivity contribution is 6.17. The second-order valence-electron chi connectivity index (χ2n) is 14.7. The number of fused-ring (bicyclic) bond motifs is 9. The number of nitrogens with zero attached hydrogens (tertiary/aromatic N) is 6. The first-order valence-corrected chi connectivity index (χ1v) is 19.5. The van der Waals surface area contributed by atoms with Gasteiger partial charge in [0, 0.05) is 43.4 Å². The third-order valence-electron chi connectivity index (χ3n) is 11.4. The Hall–Kier alpha value is -8.34. The predicted octanol–water partition coefficient (Wildman–Crippen LogP) is 12.8. The molecule has 0 saturated carbocycles. The number of hydrogen-bond donors (Lipinski definition) is 0. The highest BCUT2D eigenvalue weighted by Gasteiger charge is 2.27. The van der Waals surface area contributed by atoms with Gasteiger partial charge in [-0.2, -0.15) is 5.26 Å². The average Bonchev–Trinajstić information content (AvgIpc) is 3.96. The van der Waals surface area contributed by atoms with Gasteiger partial charge in [0.15, 0.2) is 23.1 Å². The number of para-hydroxylation sites is 5. The van der Waals surface area contributed by atoms with Crippen LogP contribution in [0.1, 0.15) is 5.56 Å². The van der Waals surface area contributed by atoms with Gasteiger partial charge in [-0.25, -0.2) is 15.0 Å². The van der Waals surface area contributed by atoms with Crippen LogP contribution in [0, 0.1) is 11.3 Å². The molecule has 7 nitrogen and oxygen atoms in total. The SMILES string of the molecule is N#Cc1c(-n2c3ccccc3c3ccccc32)cc2c(oc3c(-c4nc(-c5ccccc5)nc(-c5ccccc5)n4)cccc32)c1-n1c2ccccc2c2ccccc21. The molecule has 0 unspecified atom stereocenters. The maximum absolute atomic E-state index is 11.5. The highest BCUT2D eigenvalue weighted by Crippen LogP contribution is 2.45. The standard InChI is InChI=1S/C52H30N6O/c53-31-41-46(57-42-26-11-7-20-34(42)35-21-8-12-27-43(35)57)30-40-38-24-15-25-39(52-55-50(32-16-3-1-4-17-32)54-51(56-52)33-18-5-2-6-19-33)48(38)59-49(40)47(41)58-44-28-13-9-22-36(44)37-23-10-14-29-45(37)58/h1-30H. The lowest BCUT2D eigenvalue weighted by molar-refractivity contribution is 0.666. The van der Waals surface area contributed by atoms with Crippen LogP contribution >= 0.6 is 0 Å². The zero-order chi connectivity index (χ0) is 39.0. The molecule has 0 N–H and O–H groups in total. The van der Waals surface area contributed by atoms with Crippen molar-refractivity contribution in [2.24, 2.45) is 0 Å². The lowest BCUT2D eigenvalue weighted by atomic mass is 10.0. The first-order valence-electron chi connectivity index (χ1n) is 19.5. The van der Waals surface area contributed by atoms with E-state index in [0.717, 1.165) is 76.8 Å². The fraction of sp³-hybridized carbons (Fsp3) is 0. The first-order chi connectivity index (χ1) is 29.2. The van der Waals surface area contributed by atoms with Crippen LogP contribution < -0.4 is 0 Å². The van der Waals surface area contributed by atoms with Crippen molar-refractivity contribution in [1.29, 1.82) is 5.26 Å². The lowest BCUT2D eigenvalue weighted by Gasteiger charge is -2.16. The summed E-state index contributed by atoms with van der Waals surface area (Å²) in [5, 5.41) is 17.6. The molecule has 0 aliphatic rings. The normalized spacial score (nSPS) is 11.7. The van der Waals surface area contributed by atoms with E-state index >= 15 is 0 Å². The number of benzene rings is 8. The van der Waals surface area contributed by atoms with E-state index in [2.05, 4.69) is 112 Å². The smallest absolute Gasteiger partial charge is 0.167 e. The van der Waals surface area contributed by atoms with Crippen LogP contribution in [0.2, 0.25) is 0 Å². The first kappa shape index (κ1) is 32.9. The van der Waals surface area contributed by atoms with Gasteiger partial charge in [-0.05, 0) is 36.4 Å². The summed E-state index contributed by atoms with van der Waals surface area (Å²) in [7, 11) is 0. The van der Waals surface area contributed by atoms with Crippen LogP contribution in [-0.4, -0.2) is 24.1 Å². The molecule has 4 heterocycles. The van der Waals surface area contributed by atoms with Crippen molar-refractivity contribution in [2.75, 3.05) is 0 Å². The molecule has 0 aliphatic carbocycles. The average molecular weight is 755 g/mol. The van der Waals surface area contributed by atoms with Crippen LogP contribution in [0.15, 0.2) is 186 Å². The summed E-state index contributed by atoms with van der Waals surface area (Å²) in [5.41, 5.74) is 9.62. The molecule has 0 saturated heterocycles. The van der Waals surface area contributed by atoms with Gasteiger partial charge in [-0.3, -0.25) is 0 Å². The van der Waals surface area contributed by atoms with E-state index in [1.807, 2.05) is 84.9 Å². The maximum Gasteiger partial charge on any atom is 0.167 e. The third kappa shape index (κ3) is 4.90. The van der Waals surface area contributed by atoms with Crippen LogP contribution in [0.3, 0.4) is 0 Å². The predicted molar refractivity (Wildman–Crippen MR) is 237 cm³/mol. The van der Waals surface area contributed by atoms with Crippen molar-refractivity contribution in [3.63, 3.8) is 0 Å². The molecule has 0 amide bonds. The van der Waals surface area contributed by atoms with E-state index in [9.17, 15) is 5.26 Å². The molecular weight excluding hydrogens is 725 g/mol. The monoisotopic (exact) mass is 754 g/mol. The summed E-state index contributed by atoms with van der Waals surface area (Å²) in [6, 6.07) is 64.4. The van der Waals surface area contributed by atoms with Crippen molar-refractivity contribution in [3.05, 3.63) is 188 Å².